The van der Waals surface area contributed by atoms with Gasteiger partial charge in [-0.1, -0.05) is 29.3 Å². The molecular weight excluding hydrogens is 226 g/mol. The number of halogens is 1. The molecule has 0 aliphatic carbocycles. The van der Waals surface area contributed by atoms with Gasteiger partial charge in [-0.25, -0.2) is 0 Å². The maximum Gasteiger partial charge on any atom is 0.159 e. The van der Waals surface area contributed by atoms with Crippen LogP contribution in [-0.4, -0.2) is 19.5 Å². The van der Waals surface area contributed by atoms with Gasteiger partial charge in [0, 0.05) is 17.5 Å². The van der Waals surface area contributed by atoms with Crippen molar-refractivity contribution in [3.63, 3.8) is 0 Å². The summed E-state index contributed by atoms with van der Waals surface area (Å²) in [7, 11) is 0. The minimum Gasteiger partial charge on any atom is -0.350 e. The van der Waals surface area contributed by atoms with E-state index in [1.807, 2.05) is 25.1 Å². The van der Waals surface area contributed by atoms with Crippen LogP contribution in [0.15, 0.2) is 18.2 Å². The summed E-state index contributed by atoms with van der Waals surface area (Å²) in [6.07, 6.45) is 0.454. The first-order valence-electron chi connectivity index (χ1n) is 5.41. The molecule has 1 aliphatic rings. The third-order valence-corrected chi connectivity index (χ3v) is 3.03. The lowest BCUT2D eigenvalue weighted by molar-refractivity contribution is -0.0507. The highest BCUT2D eigenvalue weighted by molar-refractivity contribution is 6.31. The topological polar surface area (TPSA) is 44.5 Å². The molecule has 2 N–H and O–H groups in total. The van der Waals surface area contributed by atoms with Crippen molar-refractivity contribution in [2.45, 2.75) is 25.7 Å². The Bertz CT molecular complexity index is 364. The zero-order valence-electron chi connectivity index (χ0n) is 9.28. The molecule has 1 aliphatic heterocycles. The number of ether oxygens (including phenoxy) is 2. The second-order valence-corrected chi connectivity index (χ2v) is 4.45. The van der Waals surface area contributed by atoms with Crippen LogP contribution in [0.2, 0.25) is 5.02 Å². The van der Waals surface area contributed by atoms with Gasteiger partial charge < -0.3 is 15.2 Å². The van der Waals surface area contributed by atoms with Crippen molar-refractivity contribution in [1.82, 2.24) is 0 Å². The van der Waals surface area contributed by atoms with Crippen molar-refractivity contribution >= 4 is 11.6 Å². The van der Waals surface area contributed by atoms with Crippen molar-refractivity contribution in [3.8, 4) is 0 Å². The zero-order chi connectivity index (χ0) is 11.5. The summed E-state index contributed by atoms with van der Waals surface area (Å²) in [5, 5.41) is 0.705. The van der Waals surface area contributed by atoms with Crippen LogP contribution < -0.4 is 5.73 Å². The van der Waals surface area contributed by atoms with Gasteiger partial charge >= 0.3 is 0 Å². The van der Waals surface area contributed by atoms with Gasteiger partial charge in [0.15, 0.2) is 6.29 Å². The van der Waals surface area contributed by atoms with E-state index < -0.39 is 0 Å². The van der Waals surface area contributed by atoms with Crippen molar-refractivity contribution < 1.29 is 9.47 Å². The standard InChI is InChI=1S/C12H16ClNO2/c1-8-2-3-10(13)9(6-8)11(14)7-12-15-4-5-16-12/h2-3,6,11-12H,4-5,7,14H2,1H3. The van der Waals surface area contributed by atoms with E-state index in [1.165, 1.54) is 0 Å². The summed E-state index contributed by atoms with van der Waals surface area (Å²) < 4.78 is 10.7. The first-order chi connectivity index (χ1) is 7.66. The van der Waals surface area contributed by atoms with E-state index in [2.05, 4.69) is 0 Å². The molecule has 0 saturated carbocycles. The smallest absolute Gasteiger partial charge is 0.159 e. The van der Waals surface area contributed by atoms with Gasteiger partial charge in [-0.15, -0.1) is 0 Å². The van der Waals surface area contributed by atoms with E-state index in [4.69, 9.17) is 26.8 Å². The third kappa shape index (κ3) is 2.74. The van der Waals surface area contributed by atoms with Crippen molar-refractivity contribution in [3.05, 3.63) is 34.3 Å². The normalized spacial score (nSPS) is 18.9. The quantitative estimate of drug-likeness (QED) is 0.884. The van der Waals surface area contributed by atoms with Gasteiger partial charge in [-0.05, 0) is 18.6 Å². The zero-order valence-corrected chi connectivity index (χ0v) is 10.0. The van der Waals surface area contributed by atoms with Crippen LogP contribution >= 0.6 is 11.6 Å². The predicted octanol–water partition coefficient (Wildman–Crippen LogP) is 2.41. The van der Waals surface area contributed by atoms with E-state index in [1.54, 1.807) is 0 Å². The second kappa shape index (κ2) is 5.15. The van der Waals surface area contributed by atoms with Crippen molar-refractivity contribution in [1.29, 1.82) is 0 Å². The molecule has 0 radical (unpaired) electrons. The van der Waals surface area contributed by atoms with Crippen LogP contribution in [0.25, 0.3) is 0 Å². The minimum absolute atomic E-state index is 0.143. The van der Waals surface area contributed by atoms with E-state index in [9.17, 15) is 0 Å². The van der Waals surface area contributed by atoms with E-state index >= 15 is 0 Å². The molecule has 1 aromatic carbocycles. The highest BCUT2D eigenvalue weighted by Crippen LogP contribution is 2.27. The van der Waals surface area contributed by atoms with Crippen molar-refractivity contribution in [2.75, 3.05) is 13.2 Å². The molecule has 0 aromatic heterocycles. The molecule has 0 spiro atoms. The average Bonchev–Trinajstić information content (AvgIpc) is 2.74. The summed E-state index contributed by atoms with van der Waals surface area (Å²) in [4.78, 5) is 0. The molecule has 88 valence electrons. The fourth-order valence-electron chi connectivity index (χ4n) is 1.82. The first kappa shape index (κ1) is 11.9. The summed E-state index contributed by atoms with van der Waals surface area (Å²) in [5.74, 6) is 0. The van der Waals surface area contributed by atoms with Gasteiger partial charge in [-0.3, -0.25) is 0 Å². The maximum atomic E-state index is 6.11. The van der Waals surface area contributed by atoms with Gasteiger partial charge in [0.1, 0.15) is 0 Å². The number of hydrogen-bond acceptors (Lipinski definition) is 3. The van der Waals surface area contributed by atoms with E-state index in [0.29, 0.717) is 24.7 Å². The van der Waals surface area contributed by atoms with Crippen LogP contribution in [0, 0.1) is 6.92 Å². The molecule has 1 aromatic rings. The average molecular weight is 242 g/mol. The Morgan fingerprint density at radius 1 is 1.44 bits per heavy atom. The molecule has 16 heavy (non-hydrogen) atoms. The number of hydrogen-bond donors (Lipinski definition) is 1. The number of rotatable bonds is 3. The van der Waals surface area contributed by atoms with Crippen LogP contribution in [0.3, 0.4) is 0 Å². The fraction of sp³-hybridized carbons (Fsp3) is 0.500. The summed E-state index contributed by atoms with van der Waals surface area (Å²) >= 11 is 6.11. The van der Waals surface area contributed by atoms with E-state index in [-0.39, 0.29) is 12.3 Å². The van der Waals surface area contributed by atoms with E-state index in [0.717, 1.165) is 11.1 Å². The van der Waals surface area contributed by atoms with Crippen LogP contribution in [-0.2, 0) is 9.47 Å². The van der Waals surface area contributed by atoms with Crippen LogP contribution in [0.4, 0.5) is 0 Å². The lowest BCUT2D eigenvalue weighted by atomic mass is 10.0. The highest BCUT2D eigenvalue weighted by Gasteiger charge is 2.21. The van der Waals surface area contributed by atoms with Gasteiger partial charge in [0.05, 0.1) is 13.2 Å². The third-order valence-electron chi connectivity index (χ3n) is 2.69. The number of benzene rings is 1. The van der Waals surface area contributed by atoms with Crippen LogP contribution in [0.5, 0.6) is 0 Å². The molecule has 1 unspecified atom stereocenters. The van der Waals surface area contributed by atoms with Crippen LogP contribution in [0.1, 0.15) is 23.6 Å². The lowest BCUT2D eigenvalue weighted by Crippen LogP contribution is -2.19. The SMILES string of the molecule is Cc1ccc(Cl)c(C(N)CC2OCCO2)c1. The van der Waals surface area contributed by atoms with Gasteiger partial charge in [0.2, 0.25) is 0 Å². The number of nitrogens with two attached hydrogens (primary N) is 1. The molecule has 2 rings (SSSR count). The Hall–Kier alpha value is -0.610. The second-order valence-electron chi connectivity index (χ2n) is 4.04. The Morgan fingerprint density at radius 3 is 2.81 bits per heavy atom. The summed E-state index contributed by atoms with van der Waals surface area (Å²) in [6, 6.07) is 5.72. The first-order valence-corrected chi connectivity index (χ1v) is 5.79. The summed E-state index contributed by atoms with van der Waals surface area (Å²) in [5.41, 5.74) is 8.21. The Balaban J connectivity index is 2.07. The molecule has 1 heterocycles. The molecule has 1 saturated heterocycles. The lowest BCUT2D eigenvalue weighted by Gasteiger charge is -2.17. The molecule has 0 amide bonds. The maximum absolute atomic E-state index is 6.11. The predicted molar refractivity (Wildman–Crippen MR) is 63.4 cm³/mol. The Morgan fingerprint density at radius 2 is 2.12 bits per heavy atom. The summed E-state index contributed by atoms with van der Waals surface area (Å²) in [6.45, 7) is 3.33. The molecule has 1 atom stereocenters. The molecule has 4 heteroatoms. The monoisotopic (exact) mass is 241 g/mol. The molecular formula is C12H16ClNO2. The number of aryl methyl sites for hydroxylation is 1. The molecule has 3 nitrogen and oxygen atoms in total. The van der Waals surface area contributed by atoms with Gasteiger partial charge in [-0.2, -0.15) is 0 Å². The molecule has 0 bridgehead atoms. The van der Waals surface area contributed by atoms with Crippen molar-refractivity contribution in [2.24, 2.45) is 5.73 Å². The highest BCUT2D eigenvalue weighted by atomic mass is 35.5. The Kier molecular flexibility index (Phi) is 3.82. The minimum atomic E-state index is -0.188. The molecule has 1 fully saturated rings. The van der Waals surface area contributed by atoms with Gasteiger partial charge in [0.25, 0.3) is 0 Å². The fourth-order valence-corrected chi connectivity index (χ4v) is 2.08. The Labute approximate surface area is 100 Å². The largest absolute Gasteiger partial charge is 0.350 e.